The average molecular weight is 492 g/mol. The van der Waals surface area contributed by atoms with Gasteiger partial charge in [0.25, 0.3) is 0 Å². The minimum Gasteiger partial charge on any atom is -0.352 e. The Hall–Kier alpha value is -2.94. The fourth-order valence-electron chi connectivity index (χ4n) is 3.59. The molecule has 0 heterocycles. The molecule has 2 rings (SSSR count). The molecule has 2 aromatic carbocycles. The minimum atomic E-state index is -3.97. The monoisotopic (exact) mass is 491 g/mol. The molecule has 0 aliphatic carbocycles. The Kier molecular flexibility index (Phi) is 10.0. The summed E-state index contributed by atoms with van der Waals surface area (Å²) in [6.45, 7) is 5.23. The number of halogens is 1. The highest BCUT2D eigenvalue weighted by atomic mass is 32.2. The van der Waals surface area contributed by atoms with E-state index < -0.39 is 34.3 Å². The molecular weight excluding hydrogens is 457 g/mol. The molecule has 186 valence electrons. The van der Waals surface area contributed by atoms with E-state index in [0.29, 0.717) is 12.8 Å². The highest BCUT2D eigenvalue weighted by Crippen LogP contribution is 2.22. The average Bonchev–Trinajstić information content (AvgIpc) is 2.80. The van der Waals surface area contributed by atoms with E-state index >= 15 is 0 Å². The van der Waals surface area contributed by atoms with Gasteiger partial charge in [0.1, 0.15) is 18.4 Å². The fourth-order valence-corrected chi connectivity index (χ4v) is 4.44. The van der Waals surface area contributed by atoms with Crippen molar-refractivity contribution in [3.8, 4) is 0 Å². The van der Waals surface area contributed by atoms with E-state index in [9.17, 15) is 22.4 Å². The second-order valence-electron chi connectivity index (χ2n) is 8.29. The lowest BCUT2D eigenvalue weighted by Crippen LogP contribution is -2.54. The zero-order valence-corrected chi connectivity index (χ0v) is 21.0. The van der Waals surface area contributed by atoms with Crippen molar-refractivity contribution in [3.05, 3.63) is 66.0 Å². The third kappa shape index (κ3) is 7.55. The maximum atomic E-state index is 14.4. The Balaban J connectivity index is 2.37. The maximum absolute atomic E-state index is 14.4. The van der Waals surface area contributed by atoms with Crippen LogP contribution in [0.4, 0.5) is 10.1 Å². The van der Waals surface area contributed by atoms with Gasteiger partial charge in [0, 0.05) is 12.6 Å². The van der Waals surface area contributed by atoms with Crippen LogP contribution in [0.15, 0.2) is 54.6 Å². The largest absolute Gasteiger partial charge is 0.352 e. The van der Waals surface area contributed by atoms with E-state index in [0.717, 1.165) is 28.6 Å². The lowest BCUT2D eigenvalue weighted by Gasteiger charge is -2.33. The molecule has 0 radical (unpaired) electrons. The maximum Gasteiger partial charge on any atom is 0.244 e. The Morgan fingerprint density at radius 3 is 2.18 bits per heavy atom. The van der Waals surface area contributed by atoms with Crippen molar-refractivity contribution in [1.29, 1.82) is 0 Å². The predicted octanol–water partition coefficient (Wildman–Crippen LogP) is 3.36. The normalized spacial score (nSPS) is 13.1. The van der Waals surface area contributed by atoms with Crippen molar-refractivity contribution in [1.82, 2.24) is 10.2 Å². The topological polar surface area (TPSA) is 86.8 Å². The molecule has 2 atom stereocenters. The zero-order chi connectivity index (χ0) is 25.3. The summed E-state index contributed by atoms with van der Waals surface area (Å²) in [5.74, 6) is -1.62. The molecule has 0 spiro atoms. The first-order chi connectivity index (χ1) is 16.1. The van der Waals surface area contributed by atoms with E-state index in [1.54, 1.807) is 6.92 Å². The number of carbonyl (C=O) groups is 2. The first-order valence-corrected chi connectivity index (χ1v) is 13.3. The van der Waals surface area contributed by atoms with Crippen LogP contribution in [0, 0.1) is 5.82 Å². The van der Waals surface area contributed by atoms with Gasteiger partial charge in [-0.2, -0.15) is 0 Å². The van der Waals surface area contributed by atoms with Gasteiger partial charge < -0.3 is 10.2 Å². The summed E-state index contributed by atoms with van der Waals surface area (Å²) >= 11 is 0. The SMILES string of the molecule is CCC(C)NC(=O)C(CC)N(CCc1ccccc1)C(=O)CN(c1ccccc1F)S(C)(=O)=O. The Morgan fingerprint density at radius 2 is 1.62 bits per heavy atom. The van der Waals surface area contributed by atoms with Gasteiger partial charge in [0.2, 0.25) is 21.8 Å². The molecule has 1 N–H and O–H groups in total. The molecule has 7 nitrogen and oxygen atoms in total. The number of benzene rings is 2. The number of hydrogen-bond acceptors (Lipinski definition) is 4. The summed E-state index contributed by atoms with van der Waals surface area (Å²) < 4.78 is 40.2. The second-order valence-corrected chi connectivity index (χ2v) is 10.2. The third-order valence-corrected chi connectivity index (χ3v) is 6.80. The van der Waals surface area contributed by atoms with E-state index in [1.807, 2.05) is 44.2 Å². The van der Waals surface area contributed by atoms with Crippen LogP contribution in [0.5, 0.6) is 0 Å². The van der Waals surface area contributed by atoms with Gasteiger partial charge in [-0.3, -0.25) is 13.9 Å². The van der Waals surface area contributed by atoms with Gasteiger partial charge in [-0.05, 0) is 43.9 Å². The molecule has 0 aromatic heterocycles. The van der Waals surface area contributed by atoms with Crippen molar-refractivity contribution in [2.75, 3.05) is 23.7 Å². The van der Waals surface area contributed by atoms with E-state index in [1.165, 1.54) is 23.1 Å². The van der Waals surface area contributed by atoms with Crippen molar-refractivity contribution in [2.24, 2.45) is 0 Å². The van der Waals surface area contributed by atoms with Crippen LogP contribution >= 0.6 is 0 Å². The van der Waals surface area contributed by atoms with Crippen molar-refractivity contribution >= 4 is 27.5 Å². The lowest BCUT2D eigenvalue weighted by atomic mass is 10.1. The van der Waals surface area contributed by atoms with E-state index in [4.69, 9.17) is 0 Å². The fraction of sp³-hybridized carbons (Fsp3) is 0.440. The molecule has 0 aliphatic rings. The summed E-state index contributed by atoms with van der Waals surface area (Å²) in [4.78, 5) is 27.9. The van der Waals surface area contributed by atoms with Gasteiger partial charge >= 0.3 is 0 Å². The van der Waals surface area contributed by atoms with Gasteiger partial charge in [0.05, 0.1) is 11.9 Å². The number of hydrogen-bond donors (Lipinski definition) is 1. The summed E-state index contributed by atoms with van der Waals surface area (Å²) in [6, 6.07) is 14.0. The quantitative estimate of drug-likeness (QED) is 0.493. The van der Waals surface area contributed by atoms with Crippen LogP contribution in [0.3, 0.4) is 0 Å². The number of rotatable bonds is 12. The molecule has 2 amide bonds. The summed E-state index contributed by atoms with van der Waals surface area (Å²) in [6.07, 6.45) is 2.49. The molecule has 0 bridgehead atoms. The Labute approximate surface area is 202 Å². The van der Waals surface area contributed by atoms with Gasteiger partial charge in [-0.15, -0.1) is 0 Å². The first kappa shape index (κ1) is 27.3. The van der Waals surface area contributed by atoms with Gasteiger partial charge in [-0.1, -0.05) is 56.3 Å². The number of nitrogens with zero attached hydrogens (tertiary/aromatic N) is 2. The molecule has 0 aliphatic heterocycles. The van der Waals surface area contributed by atoms with E-state index in [2.05, 4.69) is 5.32 Å². The van der Waals surface area contributed by atoms with Crippen LogP contribution < -0.4 is 9.62 Å². The standard InChI is InChI=1S/C25H34FN3O4S/c1-5-19(3)27-25(31)22(6-2)28(17-16-20-12-8-7-9-13-20)24(30)18-29(34(4,32)33)23-15-11-10-14-21(23)26/h7-15,19,22H,5-6,16-18H2,1-4H3,(H,27,31). The summed E-state index contributed by atoms with van der Waals surface area (Å²) in [5.41, 5.74) is 0.769. The number of para-hydroxylation sites is 1. The lowest BCUT2D eigenvalue weighted by molar-refractivity contribution is -0.139. The molecule has 0 saturated carbocycles. The van der Waals surface area contributed by atoms with Crippen molar-refractivity contribution in [3.63, 3.8) is 0 Å². The summed E-state index contributed by atoms with van der Waals surface area (Å²) in [5, 5.41) is 2.91. The van der Waals surface area contributed by atoms with Crippen LogP contribution in [0.2, 0.25) is 0 Å². The van der Waals surface area contributed by atoms with Gasteiger partial charge in [0.15, 0.2) is 0 Å². The number of nitrogens with one attached hydrogen (secondary N) is 1. The number of carbonyl (C=O) groups excluding carboxylic acids is 2. The van der Waals surface area contributed by atoms with E-state index in [-0.39, 0.29) is 24.2 Å². The molecule has 34 heavy (non-hydrogen) atoms. The highest BCUT2D eigenvalue weighted by Gasteiger charge is 2.32. The second kappa shape index (κ2) is 12.5. The Morgan fingerprint density at radius 1 is 1.00 bits per heavy atom. The molecule has 2 unspecified atom stereocenters. The number of anilines is 1. The first-order valence-electron chi connectivity index (χ1n) is 11.4. The number of sulfonamides is 1. The number of amides is 2. The highest BCUT2D eigenvalue weighted by molar-refractivity contribution is 7.92. The predicted molar refractivity (Wildman–Crippen MR) is 132 cm³/mol. The zero-order valence-electron chi connectivity index (χ0n) is 20.2. The molecular formula is C25H34FN3O4S. The smallest absolute Gasteiger partial charge is 0.244 e. The Bertz CT molecular complexity index is 1060. The summed E-state index contributed by atoms with van der Waals surface area (Å²) in [7, 11) is -3.97. The molecule has 2 aromatic rings. The van der Waals surface area contributed by atoms with Crippen LogP contribution in [-0.2, 0) is 26.0 Å². The van der Waals surface area contributed by atoms with Crippen LogP contribution in [0.25, 0.3) is 0 Å². The van der Waals surface area contributed by atoms with Crippen LogP contribution in [-0.4, -0.2) is 56.6 Å². The van der Waals surface area contributed by atoms with Crippen molar-refractivity contribution < 1.29 is 22.4 Å². The molecule has 0 saturated heterocycles. The van der Waals surface area contributed by atoms with Crippen molar-refractivity contribution in [2.45, 2.75) is 52.1 Å². The van der Waals surface area contributed by atoms with Gasteiger partial charge in [-0.25, -0.2) is 12.8 Å². The molecule has 0 fully saturated rings. The molecule has 9 heteroatoms. The minimum absolute atomic E-state index is 0.0708. The third-order valence-electron chi connectivity index (χ3n) is 5.67. The van der Waals surface area contributed by atoms with Crippen LogP contribution in [0.1, 0.15) is 39.2 Å².